The first-order valence-corrected chi connectivity index (χ1v) is 9.79. The number of ether oxygens (including phenoxy) is 1. The molecule has 1 fully saturated rings. The highest BCUT2D eigenvalue weighted by Gasteiger charge is 2.35. The maximum atomic E-state index is 12.3. The Morgan fingerprint density at radius 1 is 1.10 bits per heavy atom. The number of nitrogens with one attached hydrogen (secondary N) is 2. The largest absolute Gasteiger partial charge is 0.452 e. The van der Waals surface area contributed by atoms with E-state index in [1.807, 2.05) is 0 Å². The summed E-state index contributed by atoms with van der Waals surface area (Å²) in [5.74, 6) is -2.59. The van der Waals surface area contributed by atoms with Crippen LogP contribution < -0.4 is 10.6 Å². The minimum Gasteiger partial charge on any atom is -0.452 e. The number of amides is 5. The minimum absolute atomic E-state index is 0.0230. The molecule has 1 aromatic carbocycles. The summed E-state index contributed by atoms with van der Waals surface area (Å²) in [7, 11) is 0. The molecule has 1 saturated carbocycles. The fraction of sp³-hybridized carbons (Fsp3) is 0.381. The van der Waals surface area contributed by atoms with Crippen molar-refractivity contribution >= 4 is 29.7 Å². The van der Waals surface area contributed by atoms with E-state index in [9.17, 15) is 24.0 Å². The SMILES string of the molecule is C=CCN1C(=O)c2ccc(C(=O)OCC(=O)NC(=O)NC3CCCCC3)cc2C1=O. The molecule has 0 bridgehead atoms. The Balaban J connectivity index is 1.52. The first-order valence-electron chi connectivity index (χ1n) is 9.79. The molecule has 1 aromatic rings. The zero-order chi connectivity index (χ0) is 21.7. The Morgan fingerprint density at radius 3 is 2.50 bits per heavy atom. The summed E-state index contributed by atoms with van der Waals surface area (Å²) >= 11 is 0. The molecule has 0 spiro atoms. The average Bonchev–Trinajstić information content (AvgIpc) is 2.97. The van der Waals surface area contributed by atoms with E-state index in [4.69, 9.17) is 4.74 Å². The molecule has 1 aliphatic carbocycles. The van der Waals surface area contributed by atoms with Crippen LogP contribution in [0.15, 0.2) is 30.9 Å². The summed E-state index contributed by atoms with van der Waals surface area (Å²) in [6, 6.07) is 3.40. The summed E-state index contributed by atoms with van der Waals surface area (Å²) in [4.78, 5) is 61.5. The number of esters is 1. The summed E-state index contributed by atoms with van der Waals surface area (Å²) in [5, 5.41) is 4.86. The number of hydrogen-bond acceptors (Lipinski definition) is 6. The molecule has 0 aromatic heterocycles. The van der Waals surface area contributed by atoms with Crippen LogP contribution in [-0.2, 0) is 9.53 Å². The van der Waals surface area contributed by atoms with Crippen LogP contribution in [0.25, 0.3) is 0 Å². The van der Waals surface area contributed by atoms with Crippen molar-refractivity contribution in [2.24, 2.45) is 0 Å². The Morgan fingerprint density at radius 2 is 1.80 bits per heavy atom. The van der Waals surface area contributed by atoms with Gasteiger partial charge < -0.3 is 10.1 Å². The standard InChI is InChI=1S/C21H23N3O6/c1-2-10-24-18(26)15-9-8-13(11-16(15)19(24)27)20(28)30-12-17(25)23-21(29)22-14-6-4-3-5-7-14/h2,8-9,11,14H,1,3-7,10,12H2,(H2,22,23,25,29). The molecule has 1 heterocycles. The van der Waals surface area contributed by atoms with Crippen molar-refractivity contribution in [1.82, 2.24) is 15.5 Å². The third-order valence-electron chi connectivity index (χ3n) is 5.05. The molecular formula is C21H23N3O6. The van der Waals surface area contributed by atoms with E-state index < -0.39 is 36.3 Å². The van der Waals surface area contributed by atoms with Crippen LogP contribution in [0.4, 0.5) is 4.79 Å². The van der Waals surface area contributed by atoms with Crippen molar-refractivity contribution in [1.29, 1.82) is 0 Å². The van der Waals surface area contributed by atoms with Gasteiger partial charge in [-0.1, -0.05) is 25.3 Å². The molecule has 5 amide bonds. The number of nitrogens with zero attached hydrogens (tertiary/aromatic N) is 1. The van der Waals surface area contributed by atoms with Crippen LogP contribution in [0.2, 0.25) is 0 Å². The van der Waals surface area contributed by atoms with Gasteiger partial charge >= 0.3 is 12.0 Å². The quantitative estimate of drug-likeness (QED) is 0.417. The Bertz CT molecular complexity index is 904. The summed E-state index contributed by atoms with van der Waals surface area (Å²) in [6.45, 7) is 2.92. The fourth-order valence-electron chi connectivity index (χ4n) is 3.56. The monoisotopic (exact) mass is 413 g/mol. The second-order valence-corrected chi connectivity index (χ2v) is 7.20. The van der Waals surface area contributed by atoms with E-state index in [0.717, 1.165) is 37.0 Å². The zero-order valence-electron chi connectivity index (χ0n) is 16.4. The van der Waals surface area contributed by atoms with E-state index in [1.165, 1.54) is 24.3 Å². The molecule has 9 heteroatoms. The van der Waals surface area contributed by atoms with Gasteiger partial charge in [0.15, 0.2) is 6.61 Å². The lowest BCUT2D eigenvalue weighted by atomic mass is 9.96. The average molecular weight is 413 g/mol. The predicted molar refractivity (Wildman–Crippen MR) is 106 cm³/mol. The maximum absolute atomic E-state index is 12.3. The van der Waals surface area contributed by atoms with Gasteiger partial charge in [0.1, 0.15) is 0 Å². The first-order chi connectivity index (χ1) is 14.4. The maximum Gasteiger partial charge on any atom is 0.338 e. The third-order valence-corrected chi connectivity index (χ3v) is 5.05. The third kappa shape index (κ3) is 4.73. The lowest BCUT2D eigenvalue weighted by Gasteiger charge is -2.22. The molecular weight excluding hydrogens is 390 g/mol. The van der Waals surface area contributed by atoms with Crippen LogP contribution in [0, 0.1) is 0 Å². The number of urea groups is 1. The summed E-state index contributed by atoms with van der Waals surface area (Å²) in [5.41, 5.74) is 0.304. The van der Waals surface area contributed by atoms with E-state index in [-0.39, 0.29) is 29.3 Å². The Labute approximate surface area is 173 Å². The van der Waals surface area contributed by atoms with Gasteiger partial charge in [-0.05, 0) is 31.0 Å². The molecule has 2 N–H and O–H groups in total. The normalized spacial score (nSPS) is 16.1. The van der Waals surface area contributed by atoms with Gasteiger partial charge in [0.2, 0.25) is 0 Å². The van der Waals surface area contributed by atoms with Crippen molar-refractivity contribution in [3.63, 3.8) is 0 Å². The zero-order valence-corrected chi connectivity index (χ0v) is 16.4. The van der Waals surface area contributed by atoms with Crippen LogP contribution in [0.3, 0.4) is 0 Å². The van der Waals surface area contributed by atoms with Gasteiger partial charge in [-0.2, -0.15) is 0 Å². The topological polar surface area (TPSA) is 122 Å². The summed E-state index contributed by atoms with van der Waals surface area (Å²) in [6.07, 6.45) is 6.40. The van der Waals surface area contributed by atoms with Gasteiger partial charge in [-0.15, -0.1) is 6.58 Å². The van der Waals surface area contributed by atoms with E-state index >= 15 is 0 Å². The fourth-order valence-corrected chi connectivity index (χ4v) is 3.56. The molecule has 1 aliphatic heterocycles. The van der Waals surface area contributed by atoms with Crippen molar-refractivity contribution < 1.29 is 28.7 Å². The lowest BCUT2D eigenvalue weighted by Crippen LogP contribution is -2.46. The molecule has 2 aliphatic rings. The van der Waals surface area contributed by atoms with Gasteiger partial charge in [0, 0.05) is 12.6 Å². The Kier molecular flexibility index (Phi) is 6.61. The van der Waals surface area contributed by atoms with Crippen LogP contribution in [0.1, 0.15) is 63.2 Å². The number of imide groups is 2. The molecule has 0 unspecified atom stereocenters. The van der Waals surface area contributed by atoms with Gasteiger partial charge in [-0.3, -0.25) is 24.6 Å². The number of rotatable bonds is 6. The minimum atomic E-state index is -0.844. The van der Waals surface area contributed by atoms with E-state index in [2.05, 4.69) is 17.2 Å². The van der Waals surface area contributed by atoms with Crippen molar-refractivity contribution in [2.75, 3.05) is 13.2 Å². The van der Waals surface area contributed by atoms with Gasteiger partial charge in [-0.25, -0.2) is 9.59 Å². The number of benzene rings is 1. The number of carbonyl (C=O) groups is 5. The second-order valence-electron chi connectivity index (χ2n) is 7.20. The molecule has 30 heavy (non-hydrogen) atoms. The van der Waals surface area contributed by atoms with Crippen molar-refractivity contribution in [3.05, 3.63) is 47.5 Å². The molecule has 0 radical (unpaired) electrons. The number of carbonyl (C=O) groups excluding carboxylic acids is 5. The molecule has 158 valence electrons. The second kappa shape index (κ2) is 9.34. The first kappa shape index (κ1) is 21.2. The van der Waals surface area contributed by atoms with E-state index in [0.29, 0.717) is 0 Å². The van der Waals surface area contributed by atoms with E-state index in [1.54, 1.807) is 0 Å². The van der Waals surface area contributed by atoms with Crippen molar-refractivity contribution in [2.45, 2.75) is 38.1 Å². The molecule has 9 nitrogen and oxygen atoms in total. The molecule has 0 saturated heterocycles. The molecule has 3 rings (SSSR count). The highest BCUT2D eigenvalue weighted by molar-refractivity contribution is 6.22. The van der Waals surface area contributed by atoms with Crippen LogP contribution in [-0.4, -0.2) is 53.8 Å². The smallest absolute Gasteiger partial charge is 0.338 e. The predicted octanol–water partition coefficient (Wildman–Crippen LogP) is 1.78. The van der Waals surface area contributed by atoms with Gasteiger partial charge in [0.25, 0.3) is 17.7 Å². The Hall–Kier alpha value is -3.49. The van der Waals surface area contributed by atoms with Crippen LogP contribution in [0.5, 0.6) is 0 Å². The molecule has 0 atom stereocenters. The van der Waals surface area contributed by atoms with Crippen molar-refractivity contribution in [3.8, 4) is 0 Å². The van der Waals surface area contributed by atoms with Crippen LogP contribution >= 0.6 is 0 Å². The lowest BCUT2D eigenvalue weighted by molar-refractivity contribution is -0.123. The van der Waals surface area contributed by atoms with Gasteiger partial charge in [0.05, 0.1) is 16.7 Å². The highest BCUT2D eigenvalue weighted by atomic mass is 16.5. The number of hydrogen-bond donors (Lipinski definition) is 2. The highest BCUT2D eigenvalue weighted by Crippen LogP contribution is 2.24. The number of fused-ring (bicyclic) bond motifs is 1. The summed E-state index contributed by atoms with van der Waals surface area (Å²) < 4.78 is 4.92.